The molecule has 0 aliphatic carbocycles. The van der Waals surface area contributed by atoms with E-state index < -0.39 is 5.63 Å². The molecule has 1 N–H and O–H groups in total. The Labute approximate surface area is 205 Å². The number of fused-ring (bicyclic) bond motifs is 2. The smallest absolute Gasteiger partial charge is 0.344 e. The SMILES string of the molecule is Cc1ccc(-c2nc3ncccc3o2)cc1NC(=O)c1cccc(-c2cc3ccccc3oc2=O)c1. The number of rotatable bonds is 4. The average Bonchev–Trinajstić information content (AvgIpc) is 3.34. The zero-order chi connectivity index (χ0) is 24.6. The van der Waals surface area contributed by atoms with Crippen molar-refractivity contribution in [3.8, 4) is 22.6 Å². The molecule has 0 saturated carbocycles. The van der Waals surface area contributed by atoms with Crippen LogP contribution >= 0.6 is 0 Å². The molecular formula is C29H19N3O4. The second-order valence-corrected chi connectivity index (χ2v) is 8.39. The predicted molar refractivity (Wildman–Crippen MR) is 138 cm³/mol. The molecular weight excluding hydrogens is 454 g/mol. The lowest BCUT2D eigenvalue weighted by Gasteiger charge is -2.11. The first-order valence-corrected chi connectivity index (χ1v) is 11.3. The van der Waals surface area contributed by atoms with Gasteiger partial charge in [0.25, 0.3) is 5.91 Å². The molecule has 3 heterocycles. The van der Waals surface area contributed by atoms with E-state index in [1.165, 1.54) is 0 Å². The number of benzene rings is 3. The fourth-order valence-electron chi connectivity index (χ4n) is 4.07. The van der Waals surface area contributed by atoms with Crippen LogP contribution in [0.2, 0.25) is 0 Å². The van der Waals surface area contributed by atoms with Gasteiger partial charge < -0.3 is 14.2 Å². The number of para-hydroxylation sites is 1. The molecule has 0 spiro atoms. The highest BCUT2D eigenvalue weighted by atomic mass is 16.4. The van der Waals surface area contributed by atoms with Crippen molar-refractivity contribution in [2.24, 2.45) is 0 Å². The molecule has 0 unspecified atom stereocenters. The number of hydrogen-bond acceptors (Lipinski definition) is 6. The molecule has 1 amide bonds. The standard InChI is InChI=1S/C29H19N3O4/c1-17-11-12-21(28-32-26-25(35-28)10-5-13-30-26)16-23(17)31-27(33)20-8-4-7-18(14-20)22-15-19-6-2-3-9-24(19)36-29(22)34/h2-16H,1H3,(H,31,33). The Morgan fingerprint density at radius 3 is 2.58 bits per heavy atom. The van der Waals surface area contributed by atoms with E-state index in [1.807, 2.05) is 43.3 Å². The molecule has 0 radical (unpaired) electrons. The van der Waals surface area contributed by atoms with E-state index >= 15 is 0 Å². The minimum absolute atomic E-state index is 0.304. The Bertz CT molecular complexity index is 1800. The fraction of sp³-hybridized carbons (Fsp3) is 0.0345. The van der Waals surface area contributed by atoms with Gasteiger partial charge in [-0.15, -0.1) is 0 Å². The topological polar surface area (TPSA) is 98.2 Å². The molecule has 7 nitrogen and oxygen atoms in total. The summed E-state index contributed by atoms with van der Waals surface area (Å²) in [6, 6.07) is 25.2. The van der Waals surface area contributed by atoms with Crippen molar-refractivity contribution in [1.82, 2.24) is 9.97 Å². The summed E-state index contributed by atoms with van der Waals surface area (Å²) in [5, 5.41) is 3.78. The maximum Gasteiger partial charge on any atom is 0.344 e. The molecule has 7 heteroatoms. The van der Waals surface area contributed by atoms with Gasteiger partial charge in [-0.25, -0.2) is 9.78 Å². The van der Waals surface area contributed by atoms with Crippen molar-refractivity contribution in [3.63, 3.8) is 0 Å². The molecule has 0 fully saturated rings. The fourth-order valence-corrected chi connectivity index (χ4v) is 4.07. The summed E-state index contributed by atoms with van der Waals surface area (Å²) in [6.07, 6.45) is 1.66. The summed E-state index contributed by atoms with van der Waals surface area (Å²) in [7, 11) is 0. The third-order valence-corrected chi connectivity index (χ3v) is 5.97. The molecule has 3 aromatic carbocycles. The van der Waals surface area contributed by atoms with Crippen LogP contribution in [0.5, 0.6) is 0 Å². The number of carbonyl (C=O) groups excluding carboxylic acids is 1. The molecule has 6 rings (SSSR count). The van der Waals surface area contributed by atoms with Gasteiger partial charge in [0.2, 0.25) is 5.89 Å². The van der Waals surface area contributed by atoms with Gasteiger partial charge in [0.1, 0.15) is 5.58 Å². The lowest BCUT2D eigenvalue weighted by molar-refractivity contribution is 0.102. The number of hydrogen-bond donors (Lipinski definition) is 1. The lowest BCUT2D eigenvalue weighted by Crippen LogP contribution is -2.13. The van der Waals surface area contributed by atoms with Crippen molar-refractivity contribution >= 4 is 33.8 Å². The number of pyridine rings is 1. The van der Waals surface area contributed by atoms with E-state index in [4.69, 9.17) is 8.83 Å². The van der Waals surface area contributed by atoms with Gasteiger partial charge >= 0.3 is 5.63 Å². The van der Waals surface area contributed by atoms with E-state index in [2.05, 4.69) is 15.3 Å². The molecule has 3 aromatic heterocycles. The number of anilines is 1. The van der Waals surface area contributed by atoms with Gasteiger partial charge in [0.15, 0.2) is 11.2 Å². The number of nitrogens with zero attached hydrogens (tertiary/aromatic N) is 2. The largest absolute Gasteiger partial charge is 0.434 e. The first-order chi connectivity index (χ1) is 17.5. The van der Waals surface area contributed by atoms with Gasteiger partial charge in [-0.05, 0) is 66.6 Å². The van der Waals surface area contributed by atoms with E-state index in [-0.39, 0.29) is 5.91 Å². The van der Waals surface area contributed by atoms with Crippen LogP contribution in [0.3, 0.4) is 0 Å². The summed E-state index contributed by atoms with van der Waals surface area (Å²) < 4.78 is 11.3. The molecule has 174 valence electrons. The average molecular weight is 473 g/mol. The monoisotopic (exact) mass is 473 g/mol. The number of amides is 1. The van der Waals surface area contributed by atoms with Gasteiger partial charge in [-0.2, -0.15) is 4.98 Å². The molecule has 0 saturated heterocycles. The molecule has 0 aliphatic heterocycles. The van der Waals surface area contributed by atoms with Gasteiger partial charge in [-0.1, -0.05) is 36.4 Å². The molecule has 36 heavy (non-hydrogen) atoms. The minimum Gasteiger partial charge on any atom is -0.434 e. The highest BCUT2D eigenvalue weighted by molar-refractivity contribution is 6.05. The summed E-state index contributed by atoms with van der Waals surface area (Å²) in [5.74, 6) is 0.116. The third-order valence-electron chi connectivity index (χ3n) is 5.97. The van der Waals surface area contributed by atoms with Crippen molar-refractivity contribution in [3.05, 3.63) is 113 Å². The number of carbonyl (C=O) groups is 1. The van der Waals surface area contributed by atoms with Crippen LogP contribution < -0.4 is 10.9 Å². The van der Waals surface area contributed by atoms with E-state index in [0.717, 1.165) is 16.5 Å². The van der Waals surface area contributed by atoms with Crippen LogP contribution in [0.15, 0.2) is 105 Å². The second kappa shape index (κ2) is 8.63. The van der Waals surface area contributed by atoms with E-state index in [1.54, 1.807) is 54.7 Å². The second-order valence-electron chi connectivity index (χ2n) is 8.39. The Kier molecular flexibility index (Phi) is 5.15. The normalized spacial score (nSPS) is 11.1. The van der Waals surface area contributed by atoms with Crippen molar-refractivity contribution in [2.45, 2.75) is 6.92 Å². The molecule has 0 bridgehead atoms. The first kappa shape index (κ1) is 21.5. The van der Waals surface area contributed by atoms with Gasteiger partial charge in [0.05, 0.1) is 5.56 Å². The molecule has 6 aromatic rings. The quantitative estimate of drug-likeness (QED) is 0.305. The Morgan fingerprint density at radius 1 is 0.833 bits per heavy atom. The van der Waals surface area contributed by atoms with Crippen molar-refractivity contribution < 1.29 is 13.6 Å². The van der Waals surface area contributed by atoms with Crippen molar-refractivity contribution in [2.75, 3.05) is 5.32 Å². The van der Waals surface area contributed by atoms with Crippen LogP contribution in [0, 0.1) is 6.92 Å². The predicted octanol–water partition coefficient (Wildman–Crippen LogP) is 6.22. The van der Waals surface area contributed by atoms with Crippen molar-refractivity contribution in [1.29, 1.82) is 0 Å². The van der Waals surface area contributed by atoms with Crippen LogP contribution in [0.4, 0.5) is 5.69 Å². The van der Waals surface area contributed by atoms with Gasteiger partial charge in [0, 0.05) is 28.4 Å². The summed E-state index contributed by atoms with van der Waals surface area (Å²) in [6.45, 7) is 1.91. The highest BCUT2D eigenvalue weighted by Gasteiger charge is 2.15. The lowest BCUT2D eigenvalue weighted by atomic mass is 10.0. The van der Waals surface area contributed by atoms with E-state index in [0.29, 0.717) is 45.1 Å². The highest BCUT2D eigenvalue weighted by Crippen LogP contribution is 2.28. The Balaban J connectivity index is 1.31. The number of aromatic nitrogens is 2. The maximum absolute atomic E-state index is 13.2. The van der Waals surface area contributed by atoms with E-state index in [9.17, 15) is 9.59 Å². The van der Waals surface area contributed by atoms with Crippen LogP contribution in [-0.2, 0) is 0 Å². The summed E-state index contributed by atoms with van der Waals surface area (Å²) in [5.41, 5.74) is 4.82. The maximum atomic E-state index is 13.2. The van der Waals surface area contributed by atoms with Gasteiger partial charge in [-0.3, -0.25) is 4.79 Å². The van der Waals surface area contributed by atoms with Crippen LogP contribution in [0.25, 0.3) is 44.8 Å². The Hall–Kier alpha value is -5.04. The minimum atomic E-state index is -0.456. The molecule has 0 atom stereocenters. The number of oxazole rings is 1. The number of aryl methyl sites for hydroxylation is 1. The number of nitrogens with one attached hydrogen (secondary N) is 1. The Morgan fingerprint density at radius 2 is 1.69 bits per heavy atom. The van der Waals surface area contributed by atoms with Crippen LogP contribution in [-0.4, -0.2) is 15.9 Å². The third kappa shape index (κ3) is 3.92. The summed E-state index contributed by atoms with van der Waals surface area (Å²) >= 11 is 0. The zero-order valence-electron chi connectivity index (χ0n) is 19.2. The first-order valence-electron chi connectivity index (χ1n) is 11.3. The summed E-state index contributed by atoms with van der Waals surface area (Å²) in [4.78, 5) is 34.4. The zero-order valence-corrected chi connectivity index (χ0v) is 19.2. The van der Waals surface area contributed by atoms with Crippen LogP contribution in [0.1, 0.15) is 15.9 Å². The molecule has 0 aliphatic rings.